The summed E-state index contributed by atoms with van der Waals surface area (Å²) in [5, 5.41) is 0. The van der Waals surface area contributed by atoms with Crippen molar-refractivity contribution >= 4 is 11.9 Å². The summed E-state index contributed by atoms with van der Waals surface area (Å²) in [5.74, 6) is -0.757. The first-order valence-electron chi connectivity index (χ1n) is 6.16. The molecule has 0 aromatic heterocycles. The number of esters is 2. The lowest BCUT2D eigenvalue weighted by Gasteiger charge is -2.16. The fourth-order valence-electron chi connectivity index (χ4n) is 1.70. The molecule has 2 aromatic rings. The molecule has 0 amide bonds. The summed E-state index contributed by atoms with van der Waals surface area (Å²) < 4.78 is 10.3. The molecular formula is C16H14O4. The van der Waals surface area contributed by atoms with Crippen LogP contribution in [0.4, 0.5) is 0 Å². The molecule has 0 bridgehead atoms. The maximum atomic E-state index is 12.1. The van der Waals surface area contributed by atoms with Crippen molar-refractivity contribution in [2.45, 2.75) is 13.0 Å². The second kappa shape index (κ2) is 6.52. The van der Waals surface area contributed by atoms with Crippen molar-refractivity contribution in [3.63, 3.8) is 0 Å². The van der Waals surface area contributed by atoms with Crippen molar-refractivity contribution < 1.29 is 19.1 Å². The van der Waals surface area contributed by atoms with Crippen LogP contribution < -0.4 is 4.74 Å². The molecular weight excluding hydrogens is 256 g/mol. The van der Waals surface area contributed by atoms with Crippen LogP contribution in [-0.4, -0.2) is 11.9 Å². The average Bonchev–Trinajstić information content (AvgIpc) is 2.46. The molecule has 0 heterocycles. The van der Waals surface area contributed by atoms with Gasteiger partial charge < -0.3 is 9.47 Å². The minimum atomic E-state index is -1.06. The van der Waals surface area contributed by atoms with Gasteiger partial charge in [-0.05, 0) is 12.1 Å². The minimum absolute atomic E-state index is 0.408. The first-order valence-corrected chi connectivity index (χ1v) is 6.16. The van der Waals surface area contributed by atoms with Gasteiger partial charge in [0.1, 0.15) is 5.75 Å². The summed E-state index contributed by atoms with van der Waals surface area (Å²) >= 11 is 0. The monoisotopic (exact) mass is 270 g/mol. The minimum Gasteiger partial charge on any atom is -0.446 e. The van der Waals surface area contributed by atoms with Crippen LogP contribution in [0, 0.1) is 0 Å². The SMILES string of the molecule is CC(=O)O[C@@H](C(=O)Oc1ccccc1)c1ccccc1. The fourth-order valence-corrected chi connectivity index (χ4v) is 1.70. The average molecular weight is 270 g/mol. The Labute approximate surface area is 116 Å². The number of ether oxygens (including phenoxy) is 2. The number of carbonyl (C=O) groups is 2. The standard InChI is InChI=1S/C16H14O4/c1-12(17)19-15(13-8-4-2-5-9-13)16(18)20-14-10-6-3-7-11-14/h2-11,15H,1H3/t15-/m1/s1. The Hall–Kier alpha value is -2.62. The third-order valence-corrected chi connectivity index (χ3v) is 2.56. The highest BCUT2D eigenvalue weighted by atomic mass is 16.6. The van der Waals surface area contributed by atoms with Crippen LogP contribution in [0.25, 0.3) is 0 Å². The van der Waals surface area contributed by atoms with Crippen LogP contribution in [0.1, 0.15) is 18.6 Å². The van der Waals surface area contributed by atoms with Gasteiger partial charge >= 0.3 is 11.9 Å². The number of para-hydroxylation sites is 1. The van der Waals surface area contributed by atoms with E-state index >= 15 is 0 Å². The van der Waals surface area contributed by atoms with E-state index in [1.807, 2.05) is 12.1 Å². The van der Waals surface area contributed by atoms with E-state index in [4.69, 9.17) is 9.47 Å². The predicted octanol–water partition coefficient (Wildman–Crippen LogP) is 2.90. The molecule has 0 saturated heterocycles. The van der Waals surface area contributed by atoms with Crippen LogP contribution in [0.2, 0.25) is 0 Å². The van der Waals surface area contributed by atoms with Crippen LogP contribution in [0.5, 0.6) is 5.75 Å². The Morgan fingerprint density at radius 1 is 0.900 bits per heavy atom. The Balaban J connectivity index is 2.18. The summed E-state index contributed by atoms with van der Waals surface area (Å²) in [5.41, 5.74) is 0.573. The molecule has 102 valence electrons. The number of hydrogen-bond acceptors (Lipinski definition) is 4. The van der Waals surface area contributed by atoms with Gasteiger partial charge in [-0.2, -0.15) is 0 Å². The van der Waals surface area contributed by atoms with Gasteiger partial charge in [-0.25, -0.2) is 4.79 Å². The van der Waals surface area contributed by atoms with Gasteiger partial charge in [-0.1, -0.05) is 48.5 Å². The van der Waals surface area contributed by atoms with E-state index in [1.54, 1.807) is 48.5 Å². The van der Waals surface area contributed by atoms with E-state index < -0.39 is 18.0 Å². The van der Waals surface area contributed by atoms with Gasteiger partial charge in [-0.3, -0.25) is 4.79 Å². The van der Waals surface area contributed by atoms with E-state index in [2.05, 4.69) is 0 Å². The predicted molar refractivity (Wildman–Crippen MR) is 73.0 cm³/mol. The molecule has 0 spiro atoms. The molecule has 0 aliphatic carbocycles. The molecule has 0 saturated carbocycles. The third-order valence-electron chi connectivity index (χ3n) is 2.56. The fraction of sp³-hybridized carbons (Fsp3) is 0.125. The molecule has 0 N–H and O–H groups in total. The summed E-state index contributed by atoms with van der Waals surface area (Å²) in [6.45, 7) is 1.26. The molecule has 4 nitrogen and oxygen atoms in total. The zero-order valence-electron chi connectivity index (χ0n) is 11.0. The molecule has 2 aromatic carbocycles. The Morgan fingerprint density at radius 3 is 2.00 bits per heavy atom. The summed E-state index contributed by atoms with van der Waals surface area (Å²) in [7, 11) is 0. The zero-order valence-corrected chi connectivity index (χ0v) is 11.0. The maximum Gasteiger partial charge on any atom is 0.357 e. The van der Waals surface area contributed by atoms with Crippen LogP contribution in [0.15, 0.2) is 60.7 Å². The van der Waals surface area contributed by atoms with E-state index in [-0.39, 0.29) is 0 Å². The third kappa shape index (κ3) is 3.68. The first kappa shape index (κ1) is 13.8. The molecule has 1 atom stereocenters. The van der Waals surface area contributed by atoms with Crippen molar-refractivity contribution in [3.05, 3.63) is 66.2 Å². The van der Waals surface area contributed by atoms with Crippen molar-refractivity contribution in [1.29, 1.82) is 0 Å². The molecule has 0 aliphatic heterocycles. The van der Waals surface area contributed by atoms with Gasteiger partial charge in [-0.15, -0.1) is 0 Å². The smallest absolute Gasteiger partial charge is 0.357 e. The van der Waals surface area contributed by atoms with E-state index in [0.29, 0.717) is 11.3 Å². The Bertz CT molecular complexity index is 578. The van der Waals surface area contributed by atoms with Crippen molar-refractivity contribution in [3.8, 4) is 5.75 Å². The normalized spacial score (nSPS) is 11.4. The van der Waals surface area contributed by atoms with Gasteiger partial charge in [0.2, 0.25) is 6.10 Å². The first-order chi connectivity index (χ1) is 9.66. The van der Waals surface area contributed by atoms with Gasteiger partial charge in [0.05, 0.1) is 0 Å². The molecule has 0 aliphatic rings. The summed E-state index contributed by atoms with van der Waals surface area (Å²) in [6.07, 6.45) is -1.06. The zero-order chi connectivity index (χ0) is 14.4. The van der Waals surface area contributed by atoms with E-state index in [1.165, 1.54) is 6.92 Å². The molecule has 0 radical (unpaired) electrons. The van der Waals surface area contributed by atoms with E-state index in [0.717, 1.165) is 0 Å². The Kier molecular flexibility index (Phi) is 4.50. The second-order valence-corrected chi connectivity index (χ2v) is 4.13. The van der Waals surface area contributed by atoms with Gasteiger partial charge in [0.25, 0.3) is 0 Å². The summed E-state index contributed by atoms with van der Waals surface area (Å²) in [6, 6.07) is 17.4. The molecule has 2 rings (SSSR count). The van der Waals surface area contributed by atoms with Crippen molar-refractivity contribution in [2.24, 2.45) is 0 Å². The van der Waals surface area contributed by atoms with Crippen LogP contribution >= 0.6 is 0 Å². The van der Waals surface area contributed by atoms with E-state index in [9.17, 15) is 9.59 Å². The second-order valence-electron chi connectivity index (χ2n) is 4.13. The number of rotatable bonds is 4. The molecule has 0 fully saturated rings. The highest BCUT2D eigenvalue weighted by Gasteiger charge is 2.25. The summed E-state index contributed by atoms with van der Waals surface area (Å²) in [4.78, 5) is 23.3. The molecule has 4 heteroatoms. The highest BCUT2D eigenvalue weighted by molar-refractivity contribution is 5.81. The Morgan fingerprint density at radius 2 is 1.45 bits per heavy atom. The van der Waals surface area contributed by atoms with Crippen molar-refractivity contribution in [1.82, 2.24) is 0 Å². The lowest BCUT2D eigenvalue weighted by atomic mass is 10.1. The van der Waals surface area contributed by atoms with Gasteiger partial charge in [0.15, 0.2) is 0 Å². The lowest BCUT2D eigenvalue weighted by molar-refractivity contribution is -0.161. The quantitative estimate of drug-likeness (QED) is 0.633. The number of hydrogen-bond donors (Lipinski definition) is 0. The lowest BCUT2D eigenvalue weighted by Crippen LogP contribution is -2.23. The number of carbonyl (C=O) groups excluding carboxylic acids is 2. The van der Waals surface area contributed by atoms with Crippen LogP contribution in [0.3, 0.4) is 0 Å². The van der Waals surface area contributed by atoms with Crippen molar-refractivity contribution in [2.75, 3.05) is 0 Å². The number of benzene rings is 2. The highest BCUT2D eigenvalue weighted by Crippen LogP contribution is 2.21. The molecule has 20 heavy (non-hydrogen) atoms. The maximum absolute atomic E-state index is 12.1. The topological polar surface area (TPSA) is 52.6 Å². The molecule has 0 unspecified atom stereocenters. The van der Waals surface area contributed by atoms with Crippen LogP contribution in [-0.2, 0) is 14.3 Å². The largest absolute Gasteiger partial charge is 0.446 e. The van der Waals surface area contributed by atoms with Gasteiger partial charge in [0, 0.05) is 12.5 Å².